The number of ether oxygens (including phenoxy) is 1. The largest absolute Gasteiger partial charge is 0.392 e. The van der Waals surface area contributed by atoms with Crippen LogP contribution in [0.4, 0.5) is 27.3 Å². The monoisotopic (exact) mass is 1080 g/mol. The maximum Gasteiger partial charge on any atom is 0.274 e. The van der Waals surface area contributed by atoms with Crippen molar-refractivity contribution in [1.82, 2.24) is 34.6 Å². The molecule has 1 saturated carbocycles. The number of halogens is 1. The van der Waals surface area contributed by atoms with E-state index >= 15 is 4.39 Å². The molecule has 4 aliphatic rings. The number of nitrogens with one attached hydrogen (secondary N) is 4. The molecular formula is C59H65FN10O9. The first-order chi connectivity index (χ1) is 37.8. The Labute approximate surface area is 455 Å². The van der Waals surface area contributed by atoms with Gasteiger partial charge < -0.3 is 35.3 Å². The number of hydrogen-bond donors (Lipinski definition) is 5. The third-order valence-corrected chi connectivity index (χ3v) is 15.1. The van der Waals surface area contributed by atoms with Gasteiger partial charge in [-0.15, -0.1) is 0 Å². The Morgan fingerprint density at radius 2 is 1.59 bits per heavy atom. The van der Waals surface area contributed by atoms with Crippen molar-refractivity contribution in [3.05, 3.63) is 140 Å². The lowest BCUT2D eigenvalue weighted by molar-refractivity contribution is -0.136. The Kier molecular flexibility index (Phi) is 15.1. The topological polar surface area (TPSA) is 230 Å². The number of pyridine rings is 3. The number of aliphatic hydroxyl groups is 1. The highest BCUT2D eigenvalue weighted by Crippen LogP contribution is 2.41. The number of amides is 5. The Balaban J connectivity index is 0.686. The normalized spacial score (nSPS) is 17.1. The summed E-state index contributed by atoms with van der Waals surface area (Å²) in [5.74, 6) is -2.51. The molecule has 10 rings (SSSR count). The van der Waals surface area contributed by atoms with E-state index < -0.39 is 53.1 Å². The van der Waals surface area contributed by atoms with Gasteiger partial charge >= 0.3 is 0 Å². The van der Waals surface area contributed by atoms with Crippen molar-refractivity contribution >= 4 is 63.2 Å². The first-order valence-corrected chi connectivity index (χ1v) is 26.7. The van der Waals surface area contributed by atoms with Gasteiger partial charge in [0.2, 0.25) is 17.7 Å². The zero-order valence-electron chi connectivity index (χ0n) is 45.0. The van der Waals surface area contributed by atoms with E-state index in [1.54, 1.807) is 62.0 Å². The average Bonchev–Trinajstić information content (AvgIpc) is 4.47. The minimum atomic E-state index is -1.09. The zero-order chi connectivity index (χ0) is 55.9. The van der Waals surface area contributed by atoms with Crippen molar-refractivity contribution < 1.29 is 38.2 Å². The van der Waals surface area contributed by atoms with Crippen molar-refractivity contribution in [3.63, 3.8) is 0 Å². The van der Waals surface area contributed by atoms with Crippen LogP contribution in [0.3, 0.4) is 0 Å². The van der Waals surface area contributed by atoms with E-state index in [0.29, 0.717) is 64.9 Å². The quantitative estimate of drug-likeness (QED) is 0.0602. The summed E-state index contributed by atoms with van der Waals surface area (Å²) in [6, 6.07) is 19.5. The number of benzene rings is 3. The molecule has 6 heterocycles. The summed E-state index contributed by atoms with van der Waals surface area (Å²) in [6.45, 7) is 13.0. The number of rotatable bonds is 19. The second-order valence-electron chi connectivity index (χ2n) is 22.7. The minimum Gasteiger partial charge on any atom is -0.392 e. The molecule has 3 fully saturated rings. The van der Waals surface area contributed by atoms with E-state index in [1.807, 2.05) is 38.1 Å². The molecule has 20 heteroatoms. The van der Waals surface area contributed by atoms with Crippen LogP contribution in [-0.4, -0.2) is 124 Å². The Morgan fingerprint density at radius 1 is 0.848 bits per heavy atom. The van der Waals surface area contributed by atoms with Gasteiger partial charge in [0.05, 0.1) is 60.5 Å². The Hall–Kier alpha value is -8.07. The number of aliphatic hydroxyl groups excluding tert-OH is 1. The lowest BCUT2D eigenvalue weighted by atomic mass is 9.92. The molecule has 3 aliphatic heterocycles. The van der Waals surface area contributed by atoms with Crippen LogP contribution < -0.4 is 37.3 Å². The third-order valence-electron chi connectivity index (χ3n) is 15.1. The van der Waals surface area contributed by atoms with Crippen LogP contribution in [0.1, 0.15) is 91.1 Å². The van der Waals surface area contributed by atoms with Crippen LogP contribution in [0.2, 0.25) is 0 Å². The summed E-state index contributed by atoms with van der Waals surface area (Å²) in [7, 11) is 1.64. The van der Waals surface area contributed by atoms with Crippen LogP contribution in [0, 0.1) is 16.6 Å². The summed E-state index contributed by atoms with van der Waals surface area (Å²) < 4.78 is 24.5. The number of fused-ring (bicyclic) bond motifs is 2. The number of aryl methyl sites for hydroxylation is 1. The average molecular weight is 1080 g/mol. The third kappa shape index (κ3) is 11.6. The molecule has 19 nitrogen and oxygen atoms in total. The summed E-state index contributed by atoms with van der Waals surface area (Å²) in [4.78, 5) is 101. The van der Waals surface area contributed by atoms with Gasteiger partial charge in [0.1, 0.15) is 23.4 Å². The minimum absolute atomic E-state index is 0.00576. The fourth-order valence-electron chi connectivity index (χ4n) is 10.9. The molecule has 0 spiro atoms. The van der Waals surface area contributed by atoms with Crippen molar-refractivity contribution in [2.45, 2.75) is 71.9 Å². The van der Waals surface area contributed by atoms with Gasteiger partial charge in [-0.05, 0) is 90.2 Å². The first kappa shape index (κ1) is 54.3. The maximum absolute atomic E-state index is 15.5. The zero-order valence-corrected chi connectivity index (χ0v) is 45.0. The molecule has 2 saturated heterocycles. The fourth-order valence-corrected chi connectivity index (χ4v) is 10.9. The van der Waals surface area contributed by atoms with E-state index in [2.05, 4.69) is 49.9 Å². The molecule has 412 valence electrons. The SMILES string of the molecule is Cn1cc(-c2cccc(-n3ccc4cc(C5CC5)cc(F)c4c3=O)c2CO)cc(Nc2ccc(N3CCN(CC(C)(C)COCC(C)(C)CNC(=O)CNc4cccc5c4C(=O)N(C4CCC(=O)NC4=O)C5=O)CC3)cn2)c1=O. The standard InChI is InChI=1S/C59H65FN10O9/c1-58(2,31-63-50(73)28-61-44-10-6-9-41-52(44)57(78)70(54(41)75)47-15-17-49(72)65-53(47)74)33-79-34-59(3,4)32-67-20-22-68(23-21-67)39-14-16-48(62-27-39)64-45-26-38(29-66(5)55(45)76)40-8-7-11-46(42(40)30-71)69-19-18-36-24-37(35-12-13-35)25-43(60)51(36)56(69)77/h6-11,14,16,18-19,24-27,29,35,47,61,71H,12-13,15,17,20-23,28,30-34H2,1-5H3,(H,62,64)(H,63,73)(H,65,72,74). The van der Waals surface area contributed by atoms with Crippen LogP contribution in [0.15, 0.2) is 101 Å². The predicted molar refractivity (Wildman–Crippen MR) is 297 cm³/mol. The maximum atomic E-state index is 15.5. The molecule has 3 aromatic heterocycles. The fraction of sp³-hybridized carbons (Fsp3) is 0.390. The number of carbonyl (C=O) groups excluding carboxylic acids is 5. The van der Waals surface area contributed by atoms with Gasteiger partial charge in [0.15, 0.2) is 0 Å². The highest BCUT2D eigenvalue weighted by atomic mass is 19.1. The number of nitrogens with zero attached hydrogens (tertiary/aromatic N) is 6. The first-order valence-electron chi connectivity index (χ1n) is 26.7. The summed E-state index contributed by atoms with van der Waals surface area (Å²) >= 11 is 0. The molecule has 6 aromatic rings. The number of piperazine rings is 1. The number of imide groups is 2. The van der Waals surface area contributed by atoms with Crippen LogP contribution >= 0.6 is 0 Å². The van der Waals surface area contributed by atoms with E-state index in [4.69, 9.17) is 4.74 Å². The van der Waals surface area contributed by atoms with E-state index in [-0.39, 0.29) is 58.5 Å². The summed E-state index contributed by atoms with van der Waals surface area (Å²) in [5.41, 5.74) is 3.29. The molecule has 79 heavy (non-hydrogen) atoms. The van der Waals surface area contributed by atoms with Crippen LogP contribution in [0.5, 0.6) is 0 Å². The van der Waals surface area contributed by atoms with Crippen molar-refractivity contribution in [2.24, 2.45) is 17.9 Å². The highest BCUT2D eigenvalue weighted by molar-refractivity contribution is 6.25. The van der Waals surface area contributed by atoms with Gasteiger partial charge in [-0.25, -0.2) is 9.37 Å². The highest BCUT2D eigenvalue weighted by Gasteiger charge is 2.46. The van der Waals surface area contributed by atoms with E-state index in [1.165, 1.54) is 21.3 Å². The molecule has 1 unspecified atom stereocenters. The van der Waals surface area contributed by atoms with Gasteiger partial charge in [0.25, 0.3) is 22.9 Å². The van der Waals surface area contributed by atoms with Crippen LogP contribution in [-0.2, 0) is 32.8 Å². The van der Waals surface area contributed by atoms with E-state index in [9.17, 15) is 38.7 Å². The Morgan fingerprint density at radius 3 is 2.32 bits per heavy atom. The molecule has 5 N–H and O–H groups in total. The molecule has 1 atom stereocenters. The number of hydrogen-bond acceptors (Lipinski definition) is 14. The summed E-state index contributed by atoms with van der Waals surface area (Å²) in [5, 5.41) is 22.6. The molecule has 3 aromatic carbocycles. The smallest absolute Gasteiger partial charge is 0.274 e. The van der Waals surface area contributed by atoms with Gasteiger partial charge in [0, 0.05) is 92.8 Å². The van der Waals surface area contributed by atoms with Gasteiger partial charge in [-0.1, -0.05) is 52.0 Å². The molecule has 1 aliphatic carbocycles. The second kappa shape index (κ2) is 22.0. The number of aromatic nitrogens is 3. The Bertz CT molecular complexity index is 3530. The van der Waals surface area contributed by atoms with Gasteiger partial charge in [-0.2, -0.15) is 0 Å². The molecule has 0 bridgehead atoms. The number of piperidine rings is 1. The molecule has 0 radical (unpaired) electrons. The summed E-state index contributed by atoms with van der Waals surface area (Å²) in [6.07, 6.45) is 7.15. The lowest BCUT2D eigenvalue weighted by Gasteiger charge is -2.40. The van der Waals surface area contributed by atoms with Crippen LogP contribution in [0.25, 0.3) is 27.6 Å². The van der Waals surface area contributed by atoms with E-state index in [0.717, 1.165) is 61.7 Å². The van der Waals surface area contributed by atoms with Gasteiger partial charge in [-0.3, -0.25) is 53.2 Å². The van der Waals surface area contributed by atoms with Crippen molar-refractivity contribution in [1.29, 1.82) is 0 Å². The van der Waals surface area contributed by atoms with Crippen molar-refractivity contribution in [3.8, 4) is 16.8 Å². The molecular weight excluding hydrogens is 1010 g/mol. The number of carbonyl (C=O) groups is 5. The molecule has 5 amide bonds. The van der Waals surface area contributed by atoms with Crippen molar-refractivity contribution in [2.75, 3.05) is 74.6 Å². The number of anilines is 4. The lowest BCUT2D eigenvalue weighted by Crippen LogP contribution is -2.54. The second-order valence-corrected chi connectivity index (χ2v) is 22.7. The predicted octanol–water partition coefficient (Wildman–Crippen LogP) is 5.82.